The van der Waals surface area contributed by atoms with Crippen LogP contribution in [0.5, 0.6) is 0 Å². The molecule has 1 saturated heterocycles. The molecule has 1 aliphatic rings. The zero-order chi connectivity index (χ0) is 14.3. The first kappa shape index (κ1) is 14.2. The number of imidazole rings is 1. The number of hydrogen-bond donors (Lipinski definition) is 0. The monoisotopic (exact) mass is 312 g/mol. The van der Waals surface area contributed by atoms with Gasteiger partial charge >= 0.3 is 0 Å². The van der Waals surface area contributed by atoms with Crippen molar-refractivity contribution in [3.8, 4) is 0 Å². The minimum atomic E-state index is -0.126. The van der Waals surface area contributed by atoms with Crippen molar-refractivity contribution in [2.24, 2.45) is 5.92 Å². The highest BCUT2D eigenvalue weighted by atomic mass is 35.5. The van der Waals surface area contributed by atoms with Crippen molar-refractivity contribution in [1.82, 2.24) is 9.55 Å². The number of rotatable bonds is 3. The summed E-state index contributed by atoms with van der Waals surface area (Å²) < 4.78 is 7.86. The smallest absolute Gasteiger partial charge is 0.127 e. The molecule has 0 saturated carbocycles. The molecule has 2 heterocycles. The first-order valence-electron chi connectivity index (χ1n) is 6.97. The van der Waals surface area contributed by atoms with Crippen LogP contribution in [0.1, 0.15) is 31.5 Å². The van der Waals surface area contributed by atoms with E-state index in [1.165, 1.54) is 0 Å². The highest BCUT2D eigenvalue weighted by Gasteiger charge is 2.27. The fraction of sp³-hybridized carbons (Fsp3) is 0.533. The Labute approximate surface area is 128 Å². The molecule has 1 aromatic carbocycles. The summed E-state index contributed by atoms with van der Waals surface area (Å²) in [7, 11) is 0. The van der Waals surface area contributed by atoms with Gasteiger partial charge in [-0.15, -0.1) is 11.6 Å². The Kier molecular flexibility index (Phi) is 3.93. The molecule has 20 heavy (non-hydrogen) atoms. The molecule has 0 bridgehead atoms. The molecule has 0 radical (unpaired) electrons. The average molecular weight is 313 g/mol. The highest BCUT2D eigenvalue weighted by Crippen LogP contribution is 2.30. The average Bonchev–Trinajstić information content (AvgIpc) is 2.95. The number of ether oxygens (including phenoxy) is 1. The van der Waals surface area contributed by atoms with Crippen LogP contribution in [0.25, 0.3) is 11.0 Å². The van der Waals surface area contributed by atoms with Crippen LogP contribution in [0, 0.1) is 5.92 Å². The normalized spacial score (nSPS) is 24.4. The van der Waals surface area contributed by atoms with Crippen LogP contribution in [0.4, 0.5) is 0 Å². The summed E-state index contributed by atoms with van der Waals surface area (Å²) in [6, 6.07) is 5.78. The van der Waals surface area contributed by atoms with Gasteiger partial charge in [0.05, 0.1) is 22.5 Å². The van der Waals surface area contributed by atoms with Crippen molar-refractivity contribution in [3.05, 3.63) is 29.0 Å². The number of benzene rings is 1. The summed E-state index contributed by atoms with van der Waals surface area (Å²) in [4.78, 5) is 4.65. The van der Waals surface area contributed by atoms with E-state index in [0.29, 0.717) is 5.92 Å². The van der Waals surface area contributed by atoms with Crippen LogP contribution < -0.4 is 0 Å². The zero-order valence-corrected chi connectivity index (χ0v) is 13.2. The maximum absolute atomic E-state index is 6.29. The zero-order valence-electron chi connectivity index (χ0n) is 11.6. The van der Waals surface area contributed by atoms with E-state index < -0.39 is 0 Å². The number of halogens is 2. The molecular weight excluding hydrogens is 295 g/mol. The van der Waals surface area contributed by atoms with Gasteiger partial charge in [0.25, 0.3) is 0 Å². The van der Waals surface area contributed by atoms with E-state index >= 15 is 0 Å². The van der Waals surface area contributed by atoms with Crippen LogP contribution in [0.3, 0.4) is 0 Å². The molecule has 108 valence electrons. The van der Waals surface area contributed by atoms with Gasteiger partial charge in [-0.2, -0.15) is 0 Å². The van der Waals surface area contributed by atoms with E-state index in [0.717, 1.165) is 41.5 Å². The van der Waals surface area contributed by atoms with Gasteiger partial charge in [-0.25, -0.2) is 4.98 Å². The van der Waals surface area contributed by atoms with Gasteiger partial charge in [-0.05, 0) is 38.5 Å². The van der Waals surface area contributed by atoms with Crippen LogP contribution >= 0.6 is 23.2 Å². The lowest BCUT2D eigenvalue weighted by atomic mass is 10.0. The third kappa shape index (κ3) is 2.54. The van der Waals surface area contributed by atoms with Crippen molar-refractivity contribution in [1.29, 1.82) is 0 Å². The molecule has 3 nitrogen and oxygen atoms in total. The maximum atomic E-state index is 6.29. The standard InChI is InChI=1S/C15H18Cl2N2O/c1-9(16)15-18-13-4-3-12(17)7-14(13)19(15)8-11-5-6-20-10(11)2/h3-4,7,9-11H,5-6,8H2,1-2H3. The Morgan fingerprint density at radius 1 is 1.50 bits per heavy atom. The summed E-state index contributed by atoms with van der Waals surface area (Å²) in [5.41, 5.74) is 2.00. The highest BCUT2D eigenvalue weighted by molar-refractivity contribution is 6.31. The molecule has 3 atom stereocenters. The summed E-state index contributed by atoms with van der Waals surface area (Å²) in [5.74, 6) is 1.41. The Hall–Kier alpha value is -0.770. The third-order valence-electron chi connectivity index (χ3n) is 4.05. The Bertz CT molecular complexity index is 624. The van der Waals surface area contributed by atoms with Crippen LogP contribution in [0.2, 0.25) is 5.02 Å². The van der Waals surface area contributed by atoms with Gasteiger partial charge in [0.2, 0.25) is 0 Å². The third-order valence-corrected chi connectivity index (χ3v) is 4.48. The van der Waals surface area contributed by atoms with Gasteiger partial charge < -0.3 is 9.30 Å². The molecule has 2 aromatic rings. The first-order chi connectivity index (χ1) is 9.56. The second kappa shape index (κ2) is 5.55. The van der Waals surface area contributed by atoms with Crippen LogP contribution in [0.15, 0.2) is 18.2 Å². The van der Waals surface area contributed by atoms with Gasteiger partial charge in [-0.3, -0.25) is 0 Å². The lowest BCUT2D eigenvalue weighted by Gasteiger charge is -2.18. The van der Waals surface area contributed by atoms with Crippen LogP contribution in [-0.4, -0.2) is 22.3 Å². The van der Waals surface area contributed by atoms with Gasteiger partial charge in [0, 0.05) is 24.1 Å². The van der Waals surface area contributed by atoms with E-state index in [9.17, 15) is 0 Å². The Morgan fingerprint density at radius 3 is 2.95 bits per heavy atom. The summed E-state index contributed by atoms with van der Waals surface area (Å²) in [5, 5.41) is 0.599. The molecule has 3 unspecified atom stereocenters. The van der Waals surface area contributed by atoms with Gasteiger partial charge in [0.1, 0.15) is 5.82 Å². The van der Waals surface area contributed by atoms with E-state index in [1.54, 1.807) is 0 Å². The molecule has 0 aliphatic carbocycles. The molecule has 5 heteroatoms. The van der Waals surface area contributed by atoms with Crippen LogP contribution in [-0.2, 0) is 11.3 Å². The lowest BCUT2D eigenvalue weighted by molar-refractivity contribution is 0.102. The number of nitrogens with zero attached hydrogens (tertiary/aromatic N) is 2. The van der Waals surface area contributed by atoms with Crippen molar-refractivity contribution in [2.45, 2.75) is 38.3 Å². The number of aromatic nitrogens is 2. The Morgan fingerprint density at radius 2 is 2.30 bits per heavy atom. The molecule has 0 amide bonds. The molecule has 0 N–H and O–H groups in total. The number of fused-ring (bicyclic) bond motifs is 1. The minimum absolute atomic E-state index is 0.126. The quantitative estimate of drug-likeness (QED) is 0.785. The van der Waals surface area contributed by atoms with Crippen molar-refractivity contribution in [2.75, 3.05) is 6.61 Å². The maximum Gasteiger partial charge on any atom is 0.127 e. The van der Waals surface area contributed by atoms with E-state index in [-0.39, 0.29) is 11.5 Å². The predicted octanol–water partition coefficient (Wildman–Crippen LogP) is 4.41. The molecule has 0 spiro atoms. The summed E-state index contributed by atoms with van der Waals surface area (Å²) >= 11 is 12.4. The second-order valence-electron chi connectivity index (χ2n) is 5.45. The fourth-order valence-electron chi connectivity index (χ4n) is 2.86. The van der Waals surface area contributed by atoms with Crippen molar-refractivity contribution in [3.63, 3.8) is 0 Å². The predicted molar refractivity (Wildman–Crippen MR) is 82.5 cm³/mol. The second-order valence-corrected chi connectivity index (χ2v) is 6.55. The largest absolute Gasteiger partial charge is 0.378 e. The summed E-state index contributed by atoms with van der Waals surface area (Å²) in [6.45, 7) is 5.80. The van der Waals surface area contributed by atoms with Gasteiger partial charge in [0.15, 0.2) is 0 Å². The van der Waals surface area contributed by atoms with Gasteiger partial charge in [-0.1, -0.05) is 11.6 Å². The summed E-state index contributed by atoms with van der Waals surface area (Å²) in [6.07, 6.45) is 1.36. The van der Waals surface area contributed by atoms with Crippen molar-refractivity contribution < 1.29 is 4.74 Å². The fourth-order valence-corrected chi connectivity index (χ4v) is 3.19. The molecule has 3 rings (SSSR count). The lowest BCUT2D eigenvalue weighted by Crippen LogP contribution is -2.19. The number of hydrogen-bond acceptors (Lipinski definition) is 2. The van der Waals surface area contributed by atoms with E-state index in [1.807, 2.05) is 25.1 Å². The van der Waals surface area contributed by atoms with Crippen molar-refractivity contribution >= 4 is 34.2 Å². The topological polar surface area (TPSA) is 27.1 Å². The SMILES string of the molecule is CC(Cl)c1nc2ccc(Cl)cc2n1CC1CCOC1C. The molecule has 1 fully saturated rings. The first-order valence-corrected chi connectivity index (χ1v) is 7.79. The number of alkyl halides is 1. The molecule has 1 aromatic heterocycles. The van der Waals surface area contributed by atoms with E-state index in [4.69, 9.17) is 27.9 Å². The minimum Gasteiger partial charge on any atom is -0.378 e. The molecule has 1 aliphatic heterocycles. The Balaban J connectivity index is 2.05. The van der Waals surface area contributed by atoms with E-state index in [2.05, 4.69) is 16.5 Å². The molecular formula is C15H18Cl2N2O.